The highest BCUT2D eigenvalue weighted by Gasteiger charge is 1.85. The molecule has 0 aliphatic rings. The van der Waals surface area contributed by atoms with Crippen LogP contribution in [-0.4, -0.2) is 64.8 Å². The van der Waals surface area contributed by atoms with Gasteiger partial charge >= 0.3 is 29.1 Å². The van der Waals surface area contributed by atoms with Crippen molar-refractivity contribution in [3.63, 3.8) is 0 Å². The van der Waals surface area contributed by atoms with Crippen LogP contribution < -0.4 is 0 Å². The van der Waals surface area contributed by atoms with Gasteiger partial charge in [0.25, 0.3) is 0 Å². The first-order valence-corrected chi connectivity index (χ1v) is 9.00. The van der Waals surface area contributed by atoms with Gasteiger partial charge in [-0.3, -0.25) is 22.8 Å². The third-order valence-corrected chi connectivity index (χ3v) is 0.812. The summed E-state index contributed by atoms with van der Waals surface area (Å²) in [5, 5.41) is 0. The molecule has 0 amide bonds. The van der Waals surface area contributed by atoms with Crippen molar-refractivity contribution in [3.05, 3.63) is 37.4 Å². The van der Waals surface area contributed by atoms with E-state index in [1.807, 2.05) is 0 Å². The van der Waals surface area contributed by atoms with Gasteiger partial charge in [0, 0.05) is 24.8 Å². The summed E-state index contributed by atoms with van der Waals surface area (Å²) in [5.41, 5.74) is 0. The number of nitrogens with one attached hydrogen (secondary N) is 2. The van der Waals surface area contributed by atoms with Crippen LogP contribution in [0.4, 0.5) is 0 Å². The lowest BCUT2D eigenvalue weighted by atomic mass is 11.0. The number of imidazole rings is 2. The number of hydrogen-bond acceptors (Lipinski definition) is 7. The van der Waals surface area contributed by atoms with Crippen LogP contribution in [0.2, 0.25) is 0 Å². The van der Waals surface area contributed by atoms with Crippen molar-refractivity contribution in [2.24, 2.45) is 0 Å². The summed E-state index contributed by atoms with van der Waals surface area (Å²) >= 11 is 0. The van der Waals surface area contributed by atoms with Crippen LogP contribution in [0.15, 0.2) is 37.4 Å². The Morgan fingerprint density at radius 3 is 1.00 bits per heavy atom. The van der Waals surface area contributed by atoms with E-state index in [4.69, 9.17) is 49.4 Å². The SMILES string of the molecule is O=S(=O)(O)O.O=S(=O)(O)O.O=[PH](O)O.c1c[nH]cn1.c1c[nH]cn1. The van der Waals surface area contributed by atoms with Crippen LogP contribution in [0.3, 0.4) is 0 Å². The lowest BCUT2D eigenvalue weighted by molar-refractivity contribution is 0.378. The maximum absolute atomic E-state index is 8.74. The first kappa shape index (κ1) is 27.2. The Balaban J connectivity index is -0.000000230. The topological polar surface area (TPSA) is 264 Å². The van der Waals surface area contributed by atoms with Gasteiger partial charge in [0.15, 0.2) is 0 Å². The van der Waals surface area contributed by atoms with Crippen LogP contribution in [-0.2, 0) is 25.4 Å². The van der Waals surface area contributed by atoms with Crippen molar-refractivity contribution >= 4 is 29.1 Å². The molecular formula is C6H15N4O11PS2. The zero-order valence-corrected chi connectivity index (χ0v) is 14.0. The number of aromatic amines is 2. The normalized spacial score (nSPS) is 9.62. The molecule has 2 aromatic rings. The number of nitrogens with zero attached hydrogens (tertiary/aromatic N) is 2. The molecule has 2 aromatic heterocycles. The Morgan fingerprint density at radius 2 is 0.958 bits per heavy atom. The highest BCUT2D eigenvalue weighted by molar-refractivity contribution is 7.80. The summed E-state index contributed by atoms with van der Waals surface area (Å²) in [6.07, 6.45) is 10.2. The molecule has 0 aliphatic heterocycles. The first-order chi connectivity index (χ1) is 10.7. The smallest absolute Gasteiger partial charge is 0.351 e. The Labute approximate surface area is 136 Å². The monoisotopic (exact) mass is 414 g/mol. The van der Waals surface area contributed by atoms with E-state index in [1.54, 1.807) is 37.4 Å². The van der Waals surface area contributed by atoms with Crippen LogP contribution in [0.1, 0.15) is 0 Å². The second-order valence-electron chi connectivity index (χ2n) is 2.70. The highest BCUT2D eigenvalue weighted by Crippen LogP contribution is 1.98. The predicted octanol–water partition coefficient (Wildman–Crippen LogP) is -1.13. The summed E-state index contributed by atoms with van der Waals surface area (Å²) in [5.74, 6) is 0. The van der Waals surface area contributed by atoms with Gasteiger partial charge < -0.3 is 19.8 Å². The third kappa shape index (κ3) is 110. The standard InChI is InChI=1S/2C3H4N2.2H2O4S.H3O3P/c2*1-2-5-3-4-1;2*1-5(2,3)4;1-4(2)3/h2*1-3H,(H,4,5);2*(H2,1,2,3,4);4H,(H2,1,2,3). The lowest BCUT2D eigenvalue weighted by Gasteiger charge is -1.68. The minimum Gasteiger partial charge on any atom is -0.351 e. The molecule has 0 bridgehead atoms. The molecule has 8 N–H and O–H groups in total. The van der Waals surface area contributed by atoms with Crippen LogP contribution in [0.25, 0.3) is 0 Å². The van der Waals surface area contributed by atoms with Crippen molar-refractivity contribution < 1.29 is 49.4 Å². The van der Waals surface area contributed by atoms with E-state index < -0.39 is 29.1 Å². The molecule has 24 heavy (non-hydrogen) atoms. The van der Waals surface area contributed by atoms with E-state index in [0.717, 1.165) is 0 Å². The minimum atomic E-state index is -4.67. The maximum atomic E-state index is 8.74. The maximum Gasteiger partial charge on any atom is 0.394 e. The molecule has 0 fully saturated rings. The van der Waals surface area contributed by atoms with Crippen molar-refractivity contribution in [2.45, 2.75) is 0 Å². The van der Waals surface area contributed by atoms with Crippen molar-refractivity contribution in [3.8, 4) is 0 Å². The second kappa shape index (κ2) is 16.2. The van der Waals surface area contributed by atoms with E-state index in [9.17, 15) is 0 Å². The van der Waals surface area contributed by atoms with Gasteiger partial charge in [0.1, 0.15) is 0 Å². The molecule has 142 valence electrons. The molecular weight excluding hydrogens is 399 g/mol. The zero-order chi connectivity index (χ0) is 19.6. The molecule has 0 unspecified atom stereocenters. The summed E-state index contributed by atoms with van der Waals surface area (Å²) in [4.78, 5) is 27.1. The molecule has 2 heterocycles. The number of rotatable bonds is 0. The number of aromatic nitrogens is 4. The average molecular weight is 414 g/mol. The molecule has 0 atom stereocenters. The van der Waals surface area contributed by atoms with Crippen molar-refractivity contribution in [1.82, 2.24) is 19.9 Å². The summed E-state index contributed by atoms with van der Waals surface area (Å²) in [6, 6.07) is 0. The lowest BCUT2D eigenvalue weighted by Crippen LogP contribution is -1.89. The van der Waals surface area contributed by atoms with Crippen LogP contribution >= 0.6 is 8.25 Å². The van der Waals surface area contributed by atoms with Crippen LogP contribution in [0, 0.1) is 0 Å². The fourth-order valence-corrected chi connectivity index (χ4v) is 0.430. The van der Waals surface area contributed by atoms with Gasteiger partial charge in [-0.05, 0) is 0 Å². The number of H-pyrrole nitrogens is 2. The summed E-state index contributed by atoms with van der Waals surface area (Å²) in [7, 11) is -12.5. The molecule has 0 radical (unpaired) electrons. The highest BCUT2D eigenvalue weighted by atomic mass is 32.3. The Bertz CT molecular complexity index is 574. The molecule has 18 heteroatoms. The average Bonchev–Trinajstić information content (AvgIpc) is 3.03. The van der Waals surface area contributed by atoms with E-state index in [-0.39, 0.29) is 0 Å². The van der Waals surface area contributed by atoms with Gasteiger partial charge in [-0.15, -0.1) is 0 Å². The fraction of sp³-hybridized carbons (Fsp3) is 0. The second-order valence-corrected chi connectivity index (χ2v) is 5.06. The molecule has 0 saturated carbocycles. The van der Waals surface area contributed by atoms with E-state index in [1.165, 1.54) is 0 Å². The molecule has 0 aromatic carbocycles. The first-order valence-electron chi connectivity index (χ1n) is 4.90. The van der Waals surface area contributed by atoms with Gasteiger partial charge in [-0.1, -0.05) is 0 Å². The quantitative estimate of drug-likeness (QED) is 0.187. The Morgan fingerprint density at radius 1 is 0.750 bits per heavy atom. The van der Waals surface area contributed by atoms with Gasteiger partial charge in [0.2, 0.25) is 0 Å². The van der Waals surface area contributed by atoms with Crippen molar-refractivity contribution in [1.29, 1.82) is 0 Å². The molecule has 0 spiro atoms. The van der Waals surface area contributed by atoms with Crippen LogP contribution in [0.5, 0.6) is 0 Å². The summed E-state index contributed by atoms with van der Waals surface area (Å²) < 4.78 is 71.9. The molecule has 2 rings (SSSR count). The van der Waals surface area contributed by atoms with E-state index in [0.29, 0.717) is 0 Å². The Kier molecular flexibility index (Phi) is 18.3. The molecule has 0 saturated heterocycles. The van der Waals surface area contributed by atoms with E-state index in [2.05, 4.69) is 19.9 Å². The van der Waals surface area contributed by atoms with E-state index >= 15 is 0 Å². The third-order valence-electron chi connectivity index (χ3n) is 0.812. The summed E-state index contributed by atoms with van der Waals surface area (Å²) in [6.45, 7) is 0. The molecule has 0 aliphatic carbocycles. The number of hydrogen-bond donors (Lipinski definition) is 8. The fourth-order valence-electron chi connectivity index (χ4n) is 0.430. The largest absolute Gasteiger partial charge is 0.394 e. The Hall–Kier alpha value is -1.69. The minimum absolute atomic E-state index is 1.62. The predicted molar refractivity (Wildman–Crippen MR) is 79.0 cm³/mol. The molecule has 15 nitrogen and oxygen atoms in total. The van der Waals surface area contributed by atoms with Gasteiger partial charge in [-0.25, -0.2) is 9.97 Å². The zero-order valence-electron chi connectivity index (χ0n) is 11.4. The van der Waals surface area contributed by atoms with Gasteiger partial charge in [0.05, 0.1) is 12.7 Å². The van der Waals surface area contributed by atoms with Gasteiger partial charge in [-0.2, -0.15) is 16.8 Å². The van der Waals surface area contributed by atoms with Crippen molar-refractivity contribution in [2.75, 3.05) is 0 Å².